The quantitative estimate of drug-likeness (QED) is 0.651. The number of thiophene rings is 1. The smallest absolute Gasteiger partial charge is 0.341 e. The fourth-order valence-corrected chi connectivity index (χ4v) is 5.68. The van der Waals surface area contributed by atoms with E-state index in [0.29, 0.717) is 16.1 Å². The van der Waals surface area contributed by atoms with Gasteiger partial charge in [0, 0.05) is 23.5 Å². The largest absolute Gasteiger partial charge is 0.465 e. The number of hydrogen-bond acceptors (Lipinski definition) is 7. The van der Waals surface area contributed by atoms with Gasteiger partial charge in [0.2, 0.25) is 0 Å². The van der Waals surface area contributed by atoms with E-state index in [2.05, 4.69) is 17.1 Å². The minimum absolute atomic E-state index is 0.00314. The molecule has 0 unspecified atom stereocenters. The zero-order valence-corrected chi connectivity index (χ0v) is 19.0. The molecule has 9 heteroatoms. The zero-order valence-electron chi connectivity index (χ0n) is 17.4. The van der Waals surface area contributed by atoms with Crippen molar-refractivity contribution in [2.24, 2.45) is 0 Å². The third kappa shape index (κ3) is 4.58. The third-order valence-corrected chi connectivity index (χ3v) is 8.03. The van der Waals surface area contributed by atoms with Gasteiger partial charge in [-0.2, -0.15) is 0 Å². The molecule has 1 N–H and O–H groups in total. The van der Waals surface area contributed by atoms with E-state index in [9.17, 15) is 18.0 Å². The van der Waals surface area contributed by atoms with Gasteiger partial charge in [-0.25, -0.2) is 13.2 Å². The highest BCUT2D eigenvalue weighted by Crippen LogP contribution is 2.38. The first-order chi connectivity index (χ1) is 14.3. The average molecular weight is 451 g/mol. The average Bonchev–Trinajstić information content (AvgIpc) is 3.10. The fourth-order valence-electron chi connectivity index (χ4n) is 3.53. The number of sulfone groups is 1. The van der Waals surface area contributed by atoms with E-state index in [4.69, 9.17) is 4.74 Å². The molecule has 30 heavy (non-hydrogen) atoms. The number of carbonyl (C=O) groups is 2. The first kappa shape index (κ1) is 22.5. The summed E-state index contributed by atoms with van der Waals surface area (Å²) in [5, 5.41) is 3.30. The number of fused-ring (bicyclic) bond motifs is 1. The van der Waals surface area contributed by atoms with Crippen LogP contribution in [0.15, 0.2) is 29.2 Å². The molecule has 0 saturated heterocycles. The van der Waals surface area contributed by atoms with E-state index in [1.54, 1.807) is 6.92 Å². The lowest BCUT2D eigenvalue weighted by Gasteiger charge is -2.26. The van der Waals surface area contributed by atoms with Crippen molar-refractivity contribution in [3.8, 4) is 0 Å². The van der Waals surface area contributed by atoms with E-state index < -0.39 is 21.7 Å². The highest BCUT2D eigenvalue weighted by Gasteiger charge is 2.29. The molecule has 0 bridgehead atoms. The van der Waals surface area contributed by atoms with Crippen LogP contribution < -0.4 is 5.32 Å². The molecular weight excluding hydrogens is 424 g/mol. The number of esters is 1. The second-order valence-corrected chi connectivity index (χ2v) is 10.5. The fraction of sp³-hybridized carbons (Fsp3) is 0.429. The van der Waals surface area contributed by atoms with Gasteiger partial charge in [-0.05, 0) is 49.2 Å². The zero-order chi connectivity index (χ0) is 21.9. The Bertz CT molecular complexity index is 1040. The van der Waals surface area contributed by atoms with E-state index in [0.717, 1.165) is 42.9 Å². The number of rotatable bonds is 7. The second kappa shape index (κ2) is 9.28. The molecule has 1 aliphatic heterocycles. The molecule has 2 aromatic rings. The lowest BCUT2D eigenvalue weighted by atomic mass is 10.0. The molecule has 1 aliphatic rings. The minimum Gasteiger partial charge on any atom is -0.465 e. The summed E-state index contributed by atoms with van der Waals surface area (Å²) in [6, 6.07) is 5.81. The third-order valence-electron chi connectivity index (χ3n) is 5.15. The van der Waals surface area contributed by atoms with Crippen LogP contribution in [-0.4, -0.2) is 51.1 Å². The standard InChI is InChI=1S/C21H26N2O5S2/c1-4-11-23-12-10-16-17(13-23)29-20(18(16)21(25)28-3)22-19(24)14-6-8-15(9-7-14)30(26,27)5-2/h6-9H,4-5,10-13H2,1-3H3,(H,22,24). The molecule has 7 nitrogen and oxygen atoms in total. The van der Waals surface area contributed by atoms with E-state index >= 15 is 0 Å². The first-order valence-corrected chi connectivity index (χ1v) is 12.4. The number of nitrogens with zero attached hydrogens (tertiary/aromatic N) is 1. The van der Waals surface area contributed by atoms with Gasteiger partial charge in [0.25, 0.3) is 5.91 Å². The van der Waals surface area contributed by atoms with E-state index in [-0.39, 0.29) is 10.6 Å². The molecule has 0 saturated carbocycles. The lowest BCUT2D eigenvalue weighted by molar-refractivity contribution is 0.0600. The Labute approximate surface area is 181 Å². The van der Waals surface area contributed by atoms with Crippen molar-refractivity contribution in [3.05, 3.63) is 45.8 Å². The van der Waals surface area contributed by atoms with Gasteiger partial charge in [0.05, 0.1) is 23.3 Å². The summed E-state index contributed by atoms with van der Waals surface area (Å²) in [6.45, 7) is 6.30. The van der Waals surface area contributed by atoms with Gasteiger partial charge in [-0.15, -0.1) is 11.3 Å². The highest BCUT2D eigenvalue weighted by molar-refractivity contribution is 7.91. The minimum atomic E-state index is -3.33. The van der Waals surface area contributed by atoms with Gasteiger partial charge in [-0.3, -0.25) is 9.69 Å². The number of methoxy groups -OCH3 is 1. The number of benzene rings is 1. The van der Waals surface area contributed by atoms with Gasteiger partial charge < -0.3 is 10.1 Å². The topological polar surface area (TPSA) is 92.8 Å². The summed E-state index contributed by atoms with van der Waals surface area (Å²) in [4.78, 5) is 28.8. The van der Waals surface area contributed by atoms with Crippen molar-refractivity contribution in [1.82, 2.24) is 4.90 Å². The number of anilines is 1. The normalized spacial score (nSPS) is 14.2. The van der Waals surface area contributed by atoms with Crippen molar-refractivity contribution in [3.63, 3.8) is 0 Å². The first-order valence-electron chi connectivity index (χ1n) is 9.90. The Hall–Kier alpha value is -2.23. The predicted octanol–water partition coefficient (Wildman–Crippen LogP) is 3.35. The summed E-state index contributed by atoms with van der Waals surface area (Å²) in [5.41, 5.74) is 1.69. The van der Waals surface area contributed by atoms with Crippen molar-refractivity contribution < 1.29 is 22.7 Å². The number of ether oxygens (including phenoxy) is 1. The van der Waals surface area contributed by atoms with Crippen molar-refractivity contribution in [1.29, 1.82) is 0 Å². The molecule has 3 rings (SSSR count). The van der Waals surface area contributed by atoms with Crippen molar-refractivity contribution >= 4 is 38.1 Å². The van der Waals surface area contributed by atoms with Crippen LogP contribution in [0.3, 0.4) is 0 Å². The van der Waals surface area contributed by atoms with Crippen LogP contribution in [-0.2, 0) is 27.5 Å². The van der Waals surface area contributed by atoms with Crippen molar-refractivity contribution in [2.75, 3.05) is 31.3 Å². The predicted molar refractivity (Wildman–Crippen MR) is 117 cm³/mol. The molecule has 162 valence electrons. The van der Waals surface area contributed by atoms with Gasteiger partial charge in [-0.1, -0.05) is 13.8 Å². The van der Waals surface area contributed by atoms with Gasteiger partial charge in [0.15, 0.2) is 9.84 Å². The summed E-state index contributed by atoms with van der Waals surface area (Å²) < 4.78 is 28.9. The molecule has 0 aliphatic carbocycles. The summed E-state index contributed by atoms with van der Waals surface area (Å²) >= 11 is 1.40. The molecule has 2 heterocycles. The molecule has 1 amide bonds. The van der Waals surface area contributed by atoms with E-state index in [1.165, 1.54) is 42.7 Å². The maximum absolute atomic E-state index is 12.8. The molecular formula is C21H26N2O5S2. The molecule has 1 aromatic carbocycles. The second-order valence-electron chi connectivity index (χ2n) is 7.11. The van der Waals surface area contributed by atoms with Crippen LogP contribution in [0.5, 0.6) is 0 Å². The van der Waals surface area contributed by atoms with Gasteiger partial charge >= 0.3 is 5.97 Å². The van der Waals surface area contributed by atoms with E-state index in [1.807, 2.05) is 0 Å². The maximum atomic E-state index is 12.8. The maximum Gasteiger partial charge on any atom is 0.341 e. The Morgan fingerprint density at radius 2 is 1.90 bits per heavy atom. The summed E-state index contributed by atoms with van der Waals surface area (Å²) in [7, 11) is -2.00. The molecule has 1 aromatic heterocycles. The van der Waals surface area contributed by atoms with Crippen LogP contribution in [0.1, 0.15) is 51.4 Å². The lowest BCUT2D eigenvalue weighted by Crippen LogP contribution is -2.30. The van der Waals surface area contributed by atoms with Crippen LogP contribution in [0, 0.1) is 0 Å². The monoisotopic (exact) mass is 450 g/mol. The van der Waals surface area contributed by atoms with Gasteiger partial charge in [0.1, 0.15) is 5.00 Å². The van der Waals surface area contributed by atoms with Crippen molar-refractivity contribution in [2.45, 2.75) is 38.1 Å². The summed E-state index contributed by atoms with van der Waals surface area (Å²) in [5.74, 6) is -0.864. The summed E-state index contributed by atoms with van der Waals surface area (Å²) in [6.07, 6.45) is 1.79. The molecule has 0 atom stereocenters. The SMILES string of the molecule is CCCN1CCc2c(sc(NC(=O)c3ccc(S(=O)(=O)CC)cc3)c2C(=O)OC)C1. The van der Waals surface area contributed by atoms with Crippen LogP contribution in [0.25, 0.3) is 0 Å². The molecule has 0 radical (unpaired) electrons. The van der Waals surface area contributed by atoms with Crippen LogP contribution >= 0.6 is 11.3 Å². The highest BCUT2D eigenvalue weighted by atomic mass is 32.2. The Morgan fingerprint density at radius 1 is 1.20 bits per heavy atom. The Morgan fingerprint density at radius 3 is 2.50 bits per heavy atom. The number of nitrogens with one attached hydrogen (secondary N) is 1. The Balaban J connectivity index is 1.87. The number of carbonyl (C=O) groups excluding carboxylic acids is 2. The Kier molecular flexibility index (Phi) is 6.95. The van der Waals surface area contributed by atoms with Crippen LogP contribution in [0.4, 0.5) is 5.00 Å². The van der Waals surface area contributed by atoms with Crippen LogP contribution in [0.2, 0.25) is 0 Å². The molecule has 0 spiro atoms. The number of amides is 1. The number of hydrogen-bond donors (Lipinski definition) is 1. The molecule has 0 fully saturated rings.